The van der Waals surface area contributed by atoms with Crippen LogP contribution < -0.4 is 4.90 Å². The molecule has 25 heavy (non-hydrogen) atoms. The third kappa shape index (κ3) is 3.22. The third-order valence-electron chi connectivity index (χ3n) is 3.61. The van der Waals surface area contributed by atoms with Crippen molar-refractivity contribution in [2.24, 2.45) is 0 Å². The number of halogens is 2. The second-order valence-electron chi connectivity index (χ2n) is 5.78. The van der Waals surface area contributed by atoms with Crippen LogP contribution in [0.4, 0.5) is 14.5 Å². The van der Waals surface area contributed by atoms with E-state index in [1.807, 2.05) is 13.8 Å². The monoisotopic (exact) mass is 359 g/mol. The second-order valence-corrected chi connectivity index (χ2v) is 7.36. The maximum Gasteiger partial charge on any atom is 0.272 e. The molecular formula is C19H15F2NO2S. The number of imide groups is 1. The maximum absolute atomic E-state index is 14.2. The van der Waals surface area contributed by atoms with Gasteiger partial charge < -0.3 is 0 Å². The Kier molecular flexibility index (Phi) is 4.72. The van der Waals surface area contributed by atoms with Crippen LogP contribution >= 0.6 is 11.8 Å². The third-order valence-corrected chi connectivity index (χ3v) is 4.69. The van der Waals surface area contributed by atoms with Gasteiger partial charge in [-0.25, -0.2) is 13.7 Å². The SMILES string of the molecule is CC(C)SC1=C(c2ccccc2)C(=O)N(c2ccc(F)cc2F)C1=O. The van der Waals surface area contributed by atoms with Gasteiger partial charge >= 0.3 is 0 Å². The predicted octanol–water partition coefficient (Wildman–Crippen LogP) is 4.39. The molecule has 2 aromatic carbocycles. The zero-order valence-corrected chi connectivity index (χ0v) is 14.4. The van der Waals surface area contributed by atoms with E-state index in [9.17, 15) is 18.4 Å². The van der Waals surface area contributed by atoms with Gasteiger partial charge in [-0.3, -0.25) is 9.59 Å². The summed E-state index contributed by atoms with van der Waals surface area (Å²) >= 11 is 1.26. The highest BCUT2D eigenvalue weighted by molar-refractivity contribution is 8.04. The molecule has 0 spiro atoms. The van der Waals surface area contributed by atoms with E-state index in [4.69, 9.17) is 0 Å². The number of hydrogen-bond acceptors (Lipinski definition) is 3. The van der Waals surface area contributed by atoms with Crippen LogP contribution in [0.3, 0.4) is 0 Å². The second kappa shape index (κ2) is 6.80. The smallest absolute Gasteiger partial charge is 0.268 e. The van der Waals surface area contributed by atoms with Crippen LogP contribution in [0.5, 0.6) is 0 Å². The molecular weight excluding hydrogens is 344 g/mol. The van der Waals surface area contributed by atoms with Crippen LogP contribution in [0.25, 0.3) is 5.57 Å². The van der Waals surface area contributed by atoms with Crippen molar-refractivity contribution in [1.29, 1.82) is 0 Å². The highest BCUT2D eigenvalue weighted by atomic mass is 32.2. The summed E-state index contributed by atoms with van der Waals surface area (Å²) in [5.41, 5.74) is 0.589. The molecule has 0 N–H and O–H groups in total. The zero-order chi connectivity index (χ0) is 18.1. The van der Waals surface area contributed by atoms with Gasteiger partial charge in [0.2, 0.25) is 0 Å². The standard InChI is InChI=1S/C19H15F2NO2S/c1-11(2)25-17-16(12-6-4-3-5-7-12)18(23)22(19(17)24)15-9-8-13(20)10-14(15)21/h3-11H,1-2H3. The summed E-state index contributed by atoms with van der Waals surface area (Å²) in [5.74, 6) is -2.92. The number of carbonyl (C=O) groups excluding carboxylic acids is 2. The normalized spacial score (nSPS) is 14.8. The molecule has 1 heterocycles. The Labute approximate surface area is 148 Å². The first-order chi connectivity index (χ1) is 11.9. The Bertz CT molecular complexity index is 878. The van der Waals surface area contributed by atoms with Gasteiger partial charge in [0.05, 0.1) is 16.2 Å². The molecule has 2 aromatic rings. The lowest BCUT2D eigenvalue weighted by Crippen LogP contribution is -2.32. The number of anilines is 1. The minimum absolute atomic E-state index is 0.0588. The molecule has 0 bridgehead atoms. The van der Waals surface area contributed by atoms with E-state index in [0.29, 0.717) is 11.6 Å². The lowest BCUT2D eigenvalue weighted by molar-refractivity contribution is -0.119. The Morgan fingerprint density at radius 3 is 2.24 bits per heavy atom. The fourth-order valence-electron chi connectivity index (χ4n) is 2.60. The molecule has 0 aliphatic carbocycles. The molecule has 0 saturated carbocycles. The van der Waals surface area contributed by atoms with Gasteiger partial charge in [0, 0.05) is 11.3 Å². The van der Waals surface area contributed by atoms with Crippen molar-refractivity contribution >= 4 is 34.8 Å². The highest BCUT2D eigenvalue weighted by Crippen LogP contribution is 2.40. The van der Waals surface area contributed by atoms with Crippen LogP contribution in [0.1, 0.15) is 19.4 Å². The molecule has 0 saturated heterocycles. The first kappa shape index (κ1) is 17.4. The van der Waals surface area contributed by atoms with Gasteiger partial charge in [-0.2, -0.15) is 0 Å². The Balaban J connectivity index is 2.12. The van der Waals surface area contributed by atoms with E-state index >= 15 is 0 Å². The molecule has 0 radical (unpaired) electrons. The van der Waals surface area contributed by atoms with E-state index in [0.717, 1.165) is 17.0 Å². The topological polar surface area (TPSA) is 37.4 Å². The fraction of sp³-hybridized carbons (Fsp3) is 0.158. The molecule has 3 rings (SSSR count). The van der Waals surface area contributed by atoms with Gasteiger partial charge in [-0.1, -0.05) is 44.2 Å². The summed E-state index contributed by atoms with van der Waals surface area (Å²) in [7, 11) is 0. The zero-order valence-electron chi connectivity index (χ0n) is 13.6. The summed E-state index contributed by atoms with van der Waals surface area (Å²) in [4.78, 5) is 26.8. The summed E-state index contributed by atoms with van der Waals surface area (Å²) < 4.78 is 27.3. The largest absolute Gasteiger partial charge is 0.272 e. The van der Waals surface area contributed by atoms with Crippen LogP contribution in [-0.2, 0) is 9.59 Å². The van der Waals surface area contributed by atoms with Crippen LogP contribution in [0.15, 0.2) is 53.4 Å². The fourth-order valence-corrected chi connectivity index (χ4v) is 3.58. The number of hydrogen-bond donors (Lipinski definition) is 0. The van der Waals surface area contributed by atoms with Crippen molar-refractivity contribution in [2.75, 3.05) is 4.90 Å². The molecule has 2 amide bonds. The molecule has 1 aliphatic rings. The predicted molar refractivity (Wildman–Crippen MR) is 94.9 cm³/mol. The first-order valence-electron chi connectivity index (χ1n) is 7.70. The van der Waals surface area contributed by atoms with E-state index in [-0.39, 0.29) is 21.4 Å². The van der Waals surface area contributed by atoms with Crippen LogP contribution in [0.2, 0.25) is 0 Å². The molecule has 0 unspecified atom stereocenters. The molecule has 128 valence electrons. The number of nitrogens with zero attached hydrogens (tertiary/aromatic N) is 1. The minimum Gasteiger partial charge on any atom is -0.268 e. The van der Waals surface area contributed by atoms with Gasteiger partial charge in [0.25, 0.3) is 11.8 Å². The van der Waals surface area contributed by atoms with Gasteiger partial charge in [0.1, 0.15) is 11.6 Å². The number of thioether (sulfide) groups is 1. The van der Waals surface area contributed by atoms with E-state index in [2.05, 4.69) is 0 Å². The van der Waals surface area contributed by atoms with E-state index in [1.54, 1.807) is 30.3 Å². The number of rotatable bonds is 4. The number of carbonyl (C=O) groups is 2. The van der Waals surface area contributed by atoms with Gasteiger partial charge in [-0.05, 0) is 17.7 Å². The Morgan fingerprint density at radius 2 is 1.64 bits per heavy atom. The van der Waals surface area contributed by atoms with Gasteiger partial charge in [0.15, 0.2) is 0 Å². The molecule has 0 fully saturated rings. The summed E-state index contributed by atoms with van der Waals surface area (Å²) in [6.07, 6.45) is 0. The Hall–Kier alpha value is -2.47. The quantitative estimate of drug-likeness (QED) is 0.760. The first-order valence-corrected chi connectivity index (χ1v) is 8.58. The lowest BCUT2D eigenvalue weighted by Gasteiger charge is -2.16. The lowest BCUT2D eigenvalue weighted by atomic mass is 10.1. The van der Waals surface area contributed by atoms with Crippen molar-refractivity contribution < 1.29 is 18.4 Å². The molecule has 3 nitrogen and oxygen atoms in total. The van der Waals surface area contributed by atoms with Crippen molar-refractivity contribution in [3.8, 4) is 0 Å². The van der Waals surface area contributed by atoms with Gasteiger partial charge in [-0.15, -0.1) is 11.8 Å². The van der Waals surface area contributed by atoms with Crippen LogP contribution in [-0.4, -0.2) is 17.1 Å². The average molecular weight is 359 g/mol. The summed E-state index contributed by atoms with van der Waals surface area (Å²) in [6, 6.07) is 11.6. The molecule has 0 aromatic heterocycles. The molecule has 1 aliphatic heterocycles. The maximum atomic E-state index is 14.2. The van der Waals surface area contributed by atoms with Crippen molar-refractivity contribution in [2.45, 2.75) is 19.1 Å². The number of benzene rings is 2. The molecule has 6 heteroatoms. The van der Waals surface area contributed by atoms with Crippen molar-refractivity contribution in [3.05, 3.63) is 70.6 Å². The summed E-state index contributed by atoms with van der Waals surface area (Å²) in [5, 5.41) is 0.0588. The average Bonchev–Trinajstić information content (AvgIpc) is 2.79. The molecule has 0 atom stereocenters. The highest BCUT2D eigenvalue weighted by Gasteiger charge is 2.41. The van der Waals surface area contributed by atoms with E-state index in [1.165, 1.54) is 11.8 Å². The van der Waals surface area contributed by atoms with Crippen molar-refractivity contribution in [1.82, 2.24) is 0 Å². The van der Waals surface area contributed by atoms with Crippen molar-refractivity contribution in [3.63, 3.8) is 0 Å². The van der Waals surface area contributed by atoms with E-state index < -0.39 is 23.4 Å². The minimum atomic E-state index is -0.954. The number of amides is 2. The Morgan fingerprint density at radius 1 is 0.960 bits per heavy atom. The van der Waals surface area contributed by atoms with Crippen LogP contribution in [0, 0.1) is 11.6 Å². The summed E-state index contributed by atoms with van der Waals surface area (Å²) in [6.45, 7) is 3.80.